The summed E-state index contributed by atoms with van der Waals surface area (Å²) in [5.41, 5.74) is 0. The lowest BCUT2D eigenvalue weighted by molar-refractivity contribution is 0.452. The van der Waals surface area contributed by atoms with Gasteiger partial charge < -0.3 is 5.11 Å². The second kappa shape index (κ2) is 1.38. The molecule has 0 aliphatic rings. The molecule has 4 nitrogen and oxygen atoms in total. The minimum Gasteiger partial charge on any atom is -0.490 e. The Labute approximate surface area is 44.1 Å². The normalized spacial score (nSPS) is 9.29. The molecule has 2 N–H and O–H groups in total. The summed E-state index contributed by atoms with van der Waals surface area (Å²) in [7, 11) is 0. The minimum absolute atomic E-state index is 0.0694. The molecule has 0 fully saturated rings. The van der Waals surface area contributed by atoms with Crippen LogP contribution in [0, 0.1) is 0 Å². The van der Waals surface area contributed by atoms with Gasteiger partial charge in [0.1, 0.15) is 0 Å². The van der Waals surface area contributed by atoms with Crippen molar-refractivity contribution < 1.29 is 5.11 Å². The van der Waals surface area contributed by atoms with Crippen LogP contribution in [0.5, 0.6) is 5.88 Å². The van der Waals surface area contributed by atoms with E-state index in [9.17, 15) is 0 Å². The third kappa shape index (κ3) is 0.640. The number of nitrogens with zero attached hydrogens (tertiary/aromatic N) is 2. The van der Waals surface area contributed by atoms with Gasteiger partial charge in [0, 0.05) is 0 Å². The summed E-state index contributed by atoms with van der Waals surface area (Å²) >= 11 is 5.19. The first-order valence-corrected chi connectivity index (χ1v) is 1.94. The third-order valence-corrected chi connectivity index (χ3v) is 0.743. The van der Waals surface area contributed by atoms with Crippen molar-refractivity contribution in [3.05, 3.63) is 5.15 Å². The maximum absolute atomic E-state index is 8.42. The summed E-state index contributed by atoms with van der Waals surface area (Å²) in [5, 5.41) is 17.0. The number of H-pyrrole nitrogens is 1. The van der Waals surface area contributed by atoms with Gasteiger partial charge in [-0.05, 0) is 0 Å². The van der Waals surface area contributed by atoms with Crippen LogP contribution >= 0.6 is 11.6 Å². The Bertz CT molecular complexity index is 145. The number of nitrogens with one attached hydrogen (secondary N) is 1. The summed E-state index contributed by atoms with van der Waals surface area (Å²) in [6, 6.07) is 0. The highest BCUT2D eigenvalue weighted by atomic mass is 35.5. The summed E-state index contributed by atoms with van der Waals surface area (Å²) < 4.78 is 0. The van der Waals surface area contributed by atoms with Gasteiger partial charge in [-0.3, -0.25) is 0 Å². The van der Waals surface area contributed by atoms with E-state index in [0.717, 1.165) is 0 Å². The SMILES string of the molecule is Oc1nn[nH]c1Cl. The molecule has 0 bridgehead atoms. The van der Waals surface area contributed by atoms with E-state index in [-0.39, 0.29) is 11.0 Å². The quantitative estimate of drug-likeness (QED) is 0.512. The molecule has 1 heterocycles. The molecule has 5 heteroatoms. The second-order valence-corrected chi connectivity index (χ2v) is 1.33. The summed E-state index contributed by atoms with van der Waals surface area (Å²) in [6.45, 7) is 0. The van der Waals surface area contributed by atoms with E-state index in [1.807, 2.05) is 0 Å². The van der Waals surface area contributed by atoms with Crippen molar-refractivity contribution in [2.75, 3.05) is 0 Å². The highest BCUT2D eigenvalue weighted by Crippen LogP contribution is 2.12. The molecule has 0 spiro atoms. The molecule has 0 saturated heterocycles. The van der Waals surface area contributed by atoms with Gasteiger partial charge in [0.25, 0.3) is 5.88 Å². The lowest BCUT2D eigenvalue weighted by atomic mass is 10.9. The number of hydrogen-bond acceptors (Lipinski definition) is 3. The van der Waals surface area contributed by atoms with E-state index >= 15 is 0 Å². The maximum atomic E-state index is 8.42. The molecule has 38 valence electrons. The van der Waals surface area contributed by atoms with E-state index in [4.69, 9.17) is 16.7 Å². The molecule has 0 saturated carbocycles. The minimum atomic E-state index is -0.262. The van der Waals surface area contributed by atoms with E-state index in [1.165, 1.54) is 0 Å². The van der Waals surface area contributed by atoms with Gasteiger partial charge >= 0.3 is 0 Å². The highest BCUT2D eigenvalue weighted by Gasteiger charge is 1.96. The Kier molecular flexibility index (Phi) is 0.867. The molecule has 0 amide bonds. The Morgan fingerprint density at radius 3 is 2.57 bits per heavy atom. The van der Waals surface area contributed by atoms with E-state index < -0.39 is 0 Å². The van der Waals surface area contributed by atoms with E-state index in [2.05, 4.69) is 15.4 Å². The zero-order valence-corrected chi connectivity index (χ0v) is 3.98. The van der Waals surface area contributed by atoms with Crippen molar-refractivity contribution in [3.63, 3.8) is 0 Å². The van der Waals surface area contributed by atoms with Crippen LogP contribution in [0.1, 0.15) is 0 Å². The van der Waals surface area contributed by atoms with Crippen molar-refractivity contribution in [1.29, 1.82) is 0 Å². The molecule has 1 aromatic rings. The molecule has 0 unspecified atom stereocenters. The summed E-state index contributed by atoms with van der Waals surface area (Å²) in [4.78, 5) is 0. The fourth-order valence-electron chi connectivity index (χ4n) is 0.210. The van der Waals surface area contributed by atoms with Gasteiger partial charge in [-0.1, -0.05) is 21.9 Å². The number of rotatable bonds is 0. The molecule has 0 aromatic carbocycles. The lowest BCUT2D eigenvalue weighted by Crippen LogP contribution is -1.63. The van der Waals surface area contributed by atoms with Gasteiger partial charge in [0.05, 0.1) is 0 Å². The Balaban J connectivity index is 3.12. The molecule has 0 radical (unpaired) electrons. The van der Waals surface area contributed by atoms with Crippen molar-refractivity contribution in [2.24, 2.45) is 0 Å². The maximum Gasteiger partial charge on any atom is 0.270 e. The fourth-order valence-corrected chi connectivity index (χ4v) is 0.286. The van der Waals surface area contributed by atoms with Crippen LogP contribution in [0.25, 0.3) is 0 Å². The summed E-state index contributed by atoms with van der Waals surface area (Å²) in [5.74, 6) is -0.262. The molecular formula is C2H2ClN3O. The first-order chi connectivity index (χ1) is 3.30. The van der Waals surface area contributed by atoms with Crippen molar-refractivity contribution in [1.82, 2.24) is 15.4 Å². The lowest BCUT2D eigenvalue weighted by Gasteiger charge is -1.72. The largest absolute Gasteiger partial charge is 0.490 e. The average Bonchev–Trinajstić information content (AvgIpc) is 1.91. The van der Waals surface area contributed by atoms with Crippen LogP contribution in [-0.4, -0.2) is 20.5 Å². The highest BCUT2D eigenvalue weighted by molar-refractivity contribution is 6.30. The monoisotopic (exact) mass is 119 g/mol. The molecule has 0 aliphatic carbocycles. The van der Waals surface area contributed by atoms with E-state index in [0.29, 0.717) is 0 Å². The first kappa shape index (κ1) is 4.39. The van der Waals surface area contributed by atoms with Gasteiger partial charge in [0.2, 0.25) is 0 Å². The number of aromatic hydroxyl groups is 1. The smallest absolute Gasteiger partial charge is 0.270 e. The Morgan fingerprint density at radius 2 is 2.43 bits per heavy atom. The Morgan fingerprint density at radius 1 is 1.71 bits per heavy atom. The zero-order valence-electron chi connectivity index (χ0n) is 3.22. The first-order valence-electron chi connectivity index (χ1n) is 1.56. The second-order valence-electron chi connectivity index (χ2n) is 0.949. The van der Waals surface area contributed by atoms with Gasteiger partial charge in [-0.25, -0.2) is 5.10 Å². The summed E-state index contributed by atoms with van der Waals surface area (Å²) in [6.07, 6.45) is 0. The average molecular weight is 120 g/mol. The van der Waals surface area contributed by atoms with Crippen molar-refractivity contribution in [2.45, 2.75) is 0 Å². The third-order valence-electron chi connectivity index (χ3n) is 0.489. The predicted molar refractivity (Wildman–Crippen MR) is 23.1 cm³/mol. The Hall–Kier alpha value is -0.770. The number of aromatic nitrogens is 3. The molecule has 0 atom stereocenters. The molecule has 1 aromatic heterocycles. The predicted octanol–water partition coefficient (Wildman–Crippen LogP) is 0.164. The van der Waals surface area contributed by atoms with Crippen LogP contribution in [0.4, 0.5) is 0 Å². The van der Waals surface area contributed by atoms with Crippen LogP contribution < -0.4 is 0 Å². The zero-order chi connectivity index (χ0) is 5.28. The standard InChI is InChI=1S/C2H2ClN3O/c3-1-2(7)5-6-4-1/h(H2,4,5,6,7). The molecule has 0 aliphatic heterocycles. The number of halogens is 1. The van der Waals surface area contributed by atoms with E-state index in [1.54, 1.807) is 0 Å². The van der Waals surface area contributed by atoms with Crippen LogP contribution in [-0.2, 0) is 0 Å². The fraction of sp³-hybridized carbons (Fsp3) is 0. The number of aromatic amines is 1. The van der Waals surface area contributed by atoms with Crippen LogP contribution in [0.15, 0.2) is 0 Å². The van der Waals surface area contributed by atoms with Crippen molar-refractivity contribution >= 4 is 11.6 Å². The van der Waals surface area contributed by atoms with Gasteiger partial charge in [-0.2, -0.15) is 0 Å². The van der Waals surface area contributed by atoms with Gasteiger partial charge in [-0.15, -0.1) is 0 Å². The van der Waals surface area contributed by atoms with Crippen LogP contribution in [0.3, 0.4) is 0 Å². The topological polar surface area (TPSA) is 61.8 Å². The molecular weight excluding hydrogens is 117 g/mol. The molecule has 7 heavy (non-hydrogen) atoms. The van der Waals surface area contributed by atoms with Crippen molar-refractivity contribution in [3.8, 4) is 5.88 Å². The van der Waals surface area contributed by atoms with Crippen LogP contribution in [0.2, 0.25) is 5.15 Å². The van der Waals surface area contributed by atoms with Gasteiger partial charge in [0.15, 0.2) is 5.15 Å². The number of hydrogen-bond donors (Lipinski definition) is 2. The molecule has 1 rings (SSSR count).